The molecule has 0 saturated heterocycles. The van der Waals surface area contributed by atoms with Crippen LogP contribution < -0.4 is 10.9 Å². The normalized spacial score (nSPS) is 15.1. The molecule has 0 spiro atoms. The lowest BCUT2D eigenvalue weighted by Gasteiger charge is -2.22. The Bertz CT molecular complexity index is 990. The third kappa shape index (κ3) is 3.93. The number of hydrogen-bond acceptors (Lipinski definition) is 4. The second kappa shape index (κ2) is 8.00. The molecule has 0 aliphatic heterocycles. The molecular formula is C20H22N4O2S. The van der Waals surface area contributed by atoms with Crippen molar-refractivity contribution in [1.82, 2.24) is 19.9 Å². The van der Waals surface area contributed by atoms with E-state index < -0.39 is 0 Å². The molecule has 1 saturated carbocycles. The number of amides is 1. The Hall–Kier alpha value is -2.54. The number of thioether (sulfide) groups is 1. The molecule has 7 heteroatoms. The fourth-order valence-electron chi connectivity index (χ4n) is 3.53. The van der Waals surface area contributed by atoms with Crippen molar-refractivity contribution in [3.63, 3.8) is 0 Å². The van der Waals surface area contributed by atoms with Crippen LogP contribution >= 0.6 is 11.8 Å². The zero-order valence-corrected chi connectivity index (χ0v) is 15.8. The highest BCUT2D eigenvalue weighted by molar-refractivity contribution is 7.99. The summed E-state index contributed by atoms with van der Waals surface area (Å²) in [5.74, 6) is 0.237. The fourth-order valence-corrected chi connectivity index (χ4v) is 4.35. The molecule has 1 amide bonds. The monoisotopic (exact) mass is 382 g/mol. The molecule has 2 heterocycles. The van der Waals surface area contributed by atoms with Crippen molar-refractivity contribution in [2.45, 2.75) is 43.3 Å². The van der Waals surface area contributed by atoms with Crippen LogP contribution in [0.15, 0.2) is 52.5 Å². The van der Waals surface area contributed by atoms with E-state index in [2.05, 4.69) is 15.3 Å². The van der Waals surface area contributed by atoms with Gasteiger partial charge in [-0.05, 0) is 31.0 Å². The van der Waals surface area contributed by atoms with Crippen molar-refractivity contribution < 1.29 is 4.79 Å². The number of H-pyrrole nitrogens is 1. The molecule has 1 aliphatic carbocycles. The van der Waals surface area contributed by atoms with E-state index in [1.54, 1.807) is 16.8 Å². The lowest BCUT2D eigenvalue weighted by atomic mass is 9.95. The van der Waals surface area contributed by atoms with Crippen molar-refractivity contribution in [1.29, 1.82) is 0 Å². The smallest absolute Gasteiger partial charge is 0.283 e. The van der Waals surface area contributed by atoms with Crippen LogP contribution in [0.3, 0.4) is 0 Å². The van der Waals surface area contributed by atoms with Gasteiger partial charge in [0.15, 0.2) is 5.16 Å². The van der Waals surface area contributed by atoms with Crippen LogP contribution in [0, 0.1) is 0 Å². The summed E-state index contributed by atoms with van der Waals surface area (Å²) in [6.45, 7) is 0. The summed E-state index contributed by atoms with van der Waals surface area (Å²) in [7, 11) is 0. The number of carbonyl (C=O) groups is 1. The zero-order valence-electron chi connectivity index (χ0n) is 15.0. The zero-order chi connectivity index (χ0) is 18.6. The van der Waals surface area contributed by atoms with E-state index in [0.717, 1.165) is 18.5 Å². The Morgan fingerprint density at radius 3 is 2.74 bits per heavy atom. The number of para-hydroxylation sites is 1. The van der Waals surface area contributed by atoms with Gasteiger partial charge in [-0.25, -0.2) is 4.98 Å². The Balaban J connectivity index is 1.58. The van der Waals surface area contributed by atoms with E-state index in [1.807, 2.05) is 30.3 Å². The minimum Gasteiger partial charge on any atom is -0.355 e. The van der Waals surface area contributed by atoms with Crippen LogP contribution in [-0.2, 0) is 4.79 Å². The number of benzene rings is 1. The molecule has 1 aromatic carbocycles. The number of aromatic amines is 1. The van der Waals surface area contributed by atoms with Gasteiger partial charge < -0.3 is 10.3 Å². The van der Waals surface area contributed by atoms with Crippen LogP contribution in [0.25, 0.3) is 16.7 Å². The third-order valence-electron chi connectivity index (χ3n) is 4.87. The number of carbonyl (C=O) groups excluding carboxylic acids is 1. The van der Waals surface area contributed by atoms with Crippen molar-refractivity contribution in [2.75, 3.05) is 5.75 Å². The Morgan fingerprint density at radius 1 is 1.19 bits per heavy atom. The summed E-state index contributed by atoms with van der Waals surface area (Å²) in [6, 6.07) is 11.4. The van der Waals surface area contributed by atoms with E-state index in [-0.39, 0.29) is 23.3 Å². The molecule has 27 heavy (non-hydrogen) atoms. The maximum atomic E-state index is 13.0. The Morgan fingerprint density at radius 2 is 1.96 bits per heavy atom. The van der Waals surface area contributed by atoms with E-state index >= 15 is 0 Å². The fraction of sp³-hybridized carbons (Fsp3) is 0.350. The van der Waals surface area contributed by atoms with Crippen molar-refractivity contribution in [2.24, 2.45) is 0 Å². The van der Waals surface area contributed by atoms with Crippen molar-refractivity contribution in [3.8, 4) is 5.69 Å². The highest BCUT2D eigenvalue weighted by Crippen LogP contribution is 2.22. The summed E-state index contributed by atoms with van der Waals surface area (Å²) < 4.78 is 1.57. The molecule has 0 radical (unpaired) electrons. The summed E-state index contributed by atoms with van der Waals surface area (Å²) in [4.78, 5) is 32.9. The van der Waals surface area contributed by atoms with Gasteiger partial charge in [-0.2, -0.15) is 0 Å². The number of nitrogens with one attached hydrogen (secondary N) is 2. The minimum atomic E-state index is -0.161. The highest BCUT2D eigenvalue weighted by Gasteiger charge is 2.18. The summed E-state index contributed by atoms with van der Waals surface area (Å²) in [6.07, 6.45) is 7.43. The Kier molecular flexibility index (Phi) is 5.29. The average Bonchev–Trinajstić information content (AvgIpc) is 3.17. The third-order valence-corrected chi connectivity index (χ3v) is 5.80. The minimum absolute atomic E-state index is 0.00470. The SMILES string of the molecule is O=C(CSc1nc2cc[nH]c2c(=O)n1-c1ccccc1)NC1CCCCC1. The van der Waals surface area contributed by atoms with Gasteiger partial charge in [0.2, 0.25) is 5.91 Å². The van der Waals surface area contributed by atoms with Crippen LogP contribution in [0.1, 0.15) is 32.1 Å². The molecule has 0 atom stereocenters. The van der Waals surface area contributed by atoms with Crippen molar-refractivity contribution in [3.05, 3.63) is 52.9 Å². The summed E-state index contributed by atoms with van der Waals surface area (Å²) in [5.41, 5.74) is 1.66. The lowest BCUT2D eigenvalue weighted by molar-refractivity contribution is -0.119. The first-order chi connectivity index (χ1) is 13.2. The summed E-state index contributed by atoms with van der Waals surface area (Å²) >= 11 is 1.30. The maximum absolute atomic E-state index is 13.0. The summed E-state index contributed by atoms with van der Waals surface area (Å²) in [5, 5.41) is 3.64. The quantitative estimate of drug-likeness (QED) is 0.524. The van der Waals surface area contributed by atoms with Crippen LogP contribution in [0.5, 0.6) is 0 Å². The first kappa shape index (κ1) is 17.9. The van der Waals surface area contributed by atoms with Crippen LogP contribution in [0.4, 0.5) is 0 Å². The standard InChI is InChI=1S/C20H22N4O2S/c25-17(22-14-7-3-1-4-8-14)13-27-20-23-16-11-12-21-18(16)19(26)24(20)15-9-5-2-6-10-15/h2,5-6,9-12,14,21H,1,3-4,7-8,13H2,(H,22,25). The highest BCUT2D eigenvalue weighted by atomic mass is 32.2. The molecule has 140 valence electrons. The number of fused-ring (bicyclic) bond motifs is 1. The predicted molar refractivity (Wildman–Crippen MR) is 107 cm³/mol. The van der Waals surface area contributed by atoms with Gasteiger partial charge in [0.25, 0.3) is 5.56 Å². The number of hydrogen-bond donors (Lipinski definition) is 2. The first-order valence-corrected chi connectivity index (χ1v) is 10.3. The topological polar surface area (TPSA) is 79.8 Å². The molecule has 2 aromatic heterocycles. The van der Waals surface area contributed by atoms with Gasteiger partial charge in [-0.15, -0.1) is 0 Å². The van der Waals surface area contributed by atoms with Crippen LogP contribution in [0.2, 0.25) is 0 Å². The molecule has 0 bridgehead atoms. The molecule has 6 nitrogen and oxygen atoms in total. The molecule has 4 rings (SSSR count). The number of aromatic nitrogens is 3. The van der Waals surface area contributed by atoms with E-state index in [4.69, 9.17) is 0 Å². The molecule has 3 aromatic rings. The number of nitrogens with zero attached hydrogens (tertiary/aromatic N) is 2. The average molecular weight is 382 g/mol. The molecular weight excluding hydrogens is 360 g/mol. The molecule has 2 N–H and O–H groups in total. The van der Waals surface area contributed by atoms with E-state index in [0.29, 0.717) is 16.2 Å². The van der Waals surface area contributed by atoms with Gasteiger partial charge >= 0.3 is 0 Å². The Labute approximate surface area is 161 Å². The molecule has 1 aliphatic rings. The predicted octanol–water partition coefficient (Wildman–Crippen LogP) is 3.25. The van der Waals surface area contributed by atoms with Gasteiger partial charge in [0, 0.05) is 12.2 Å². The van der Waals surface area contributed by atoms with Gasteiger partial charge in [-0.1, -0.05) is 49.2 Å². The largest absolute Gasteiger partial charge is 0.355 e. The second-order valence-electron chi connectivity index (χ2n) is 6.80. The maximum Gasteiger partial charge on any atom is 0.283 e. The van der Waals surface area contributed by atoms with E-state index in [1.165, 1.54) is 31.0 Å². The van der Waals surface area contributed by atoms with Gasteiger partial charge in [0.1, 0.15) is 5.52 Å². The molecule has 0 unspecified atom stereocenters. The van der Waals surface area contributed by atoms with Crippen molar-refractivity contribution >= 4 is 28.7 Å². The number of rotatable bonds is 5. The van der Waals surface area contributed by atoms with Crippen LogP contribution in [-0.4, -0.2) is 32.2 Å². The lowest BCUT2D eigenvalue weighted by Crippen LogP contribution is -2.37. The second-order valence-corrected chi connectivity index (χ2v) is 7.74. The van der Waals surface area contributed by atoms with Gasteiger partial charge in [0.05, 0.1) is 17.0 Å². The van der Waals surface area contributed by atoms with Gasteiger partial charge in [-0.3, -0.25) is 14.2 Å². The molecule has 1 fully saturated rings. The first-order valence-electron chi connectivity index (χ1n) is 9.30. The van der Waals surface area contributed by atoms with E-state index in [9.17, 15) is 9.59 Å².